The van der Waals surface area contributed by atoms with Crippen LogP contribution in [0.1, 0.15) is 49.0 Å². The van der Waals surface area contributed by atoms with E-state index in [0.717, 1.165) is 36.0 Å². The third kappa shape index (κ3) is 1.56. The second kappa shape index (κ2) is 3.64. The summed E-state index contributed by atoms with van der Waals surface area (Å²) in [4.78, 5) is 24.2. The average Bonchev–Trinajstić information content (AvgIpc) is 2.35. The van der Waals surface area contributed by atoms with Crippen molar-refractivity contribution in [3.63, 3.8) is 0 Å². The molecule has 2 nitrogen and oxygen atoms in total. The van der Waals surface area contributed by atoms with Crippen LogP contribution < -0.4 is 0 Å². The van der Waals surface area contributed by atoms with Gasteiger partial charge in [-0.05, 0) is 35.8 Å². The molecule has 3 rings (SSSR count). The fourth-order valence-corrected chi connectivity index (χ4v) is 3.00. The van der Waals surface area contributed by atoms with Gasteiger partial charge < -0.3 is 0 Å². The zero-order valence-electron chi connectivity index (χ0n) is 10.7. The van der Waals surface area contributed by atoms with Crippen molar-refractivity contribution in [2.45, 2.75) is 33.1 Å². The molecule has 0 aliphatic heterocycles. The average molecular weight is 240 g/mol. The first-order valence-corrected chi connectivity index (χ1v) is 6.40. The molecular weight excluding hydrogens is 224 g/mol. The number of ketones is 2. The molecule has 0 saturated heterocycles. The molecule has 2 aliphatic rings. The third-order valence-corrected chi connectivity index (χ3v) is 4.05. The van der Waals surface area contributed by atoms with E-state index >= 15 is 0 Å². The molecule has 1 aromatic rings. The Kier molecular flexibility index (Phi) is 2.31. The number of rotatable bonds is 0. The molecule has 0 heterocycles. The summed E-state index contributed by atoms with van der Waals surface area (Å²) in [6.45, 7) is 4.45. The molecule has 0 saturated carbocycles. The Balaban J connectivity index is 2.23. The summed E-state index contributed by atoms with van der Waals surface area (Å²) in [6.07, 6.45) is 2.60. The number of hydrogen-bond donors (Lipinski definition) is 0. The molecule has 0 radical (unpaired) electrons. The van der Waals surface area contributed by atoms with Crippen molar-refractivity contribution in [3.8, 4) is 0 Å². The van der Waals surface area contributed by atoms with Gasteiger partial charge in [0, 0.05) is 11.1 Å². The van der Waals surface area contributed by atoms with Crippen molar-refractivity contribution in [3.05, 3.63) is 41.0 Å². The standard InChI is InChI=1S/C16H16O2/c1-16(2)8-7-12-13(9-16)10-5-3-4-6-11(10)14(17)15(12)18/h3-6H,7-9H2,1-2H3. The van der Waals surface area contributed by atoms with Crippen LogP contribution in [0.5, 0.6) is 0 Å². The van der Waals surface area contributed by atoms with E-state index in [1.165, 1.54) is 0 Å². The highest BCUT2D eigenvalue weighted by atomic mass is 16.2. The lowest BCUT2D eigenvalue weighted by Gasteiger charge is -2.35. The van der Waals surface area contributed by atoms with Crippen molar-refractivity contribution in [2.24, 2.45) is 5.41 Å². The van der Waals surface area contributed by atoms with Crippen LogP contribution in [0.2, 0.25) is 0 Å². The van der Waals surface area contributed by atoms with Gasteiger partial charge in [-0.1, -0.05) is 38.1 Å². The lowest BCUT2D eigenvalue weighted by Crippen LogP contribution is -2.29. The van der Waals surface area contributed by atoms with Gasteiger partial charge in [0.2, 0.25) is 11.6 Å². The second-order valence-corrected chi connectivity index (χ2v) is 6.00. The van der Waals surface area contributed by atoms with Crippen molar-refractivity contribution in [1.29, 1.82) is 0 Å². The summed E-state index contributed by atoms with van der Waals surface area (Å²) in [5.41, 5.74) is 3.64. The summed E-state index contributed by atoms with van der Waals surface area (Å²) < 4.78 is 0. The minimum absolute atomic E-state index is 0.215. The van der Waals surface area contributed by atoms with Crippen LogP contribution in [-0.4, -0.2) is 11.6 Å². The van der Waals surface area contributed by atoms with Crippen LogP contribution in [0.3, 0.4) is 0 Å². The maximum Gasteiger partial charge on any atom is 0.233 e. The summed E-state index contributed by atoms with van der Waals surface area (Å²) in [5.74, 6) is -0.608. The molecular formula is C16H16O2. The normalized spacial score (nSPS) is 21.7. The van der Waals surface area contributed by atoms with Crippen LogP contribution in [-0.2, 0) is 4.79 Å². The molecule has 0 unspecified atom stereocenters. The number of allylic oxidation sites excluding steroid dienone is 2. The van der Waals surface area contributed by atoms with E-state index in [0.29, 0.717) is 5.56 Å². The van der Waals surface area contributed by atoms with E-state index in [9.17, 15) is 9.59 Å². The molecule has 0 aromatic heterocycles. The minimum Gasteiger partial charge on any atom is -0.285 e. The zero-order chi connectivity index (χ0) is 12.9. The first-order chi connectivity index (χ1) is 8.49. The van der Waals surface area contributed by atoms with Crippen LogP contribution in [0.25, 0.3) is 5.57 Å². The number of Topliss-reactive ketones (excluding diaryl/α,β-unsaturated/α-hetero) is 2. The third-order valence-electron chi connectivity index (χ3n) is 4.05. The van der Waals surface area contributed by atoms with Gasteiger partial charge in [0.05, 0.1) is 0 Å². The van der Waals surface area contributed by atoms with Crippen molar-refractivity contribution >= 4 is 17.1 Å². The Hall–Kier alpha value is -1.70. The highest BCUT2D eigenvalue weighted by Gasteiger charge is 2.37. The number of carbonyl (C=O) groups excluding carboxylic acids is 2. The van der Waals surface area contributed by atoms with Crippen molar-refractivity contribution in [2.75, 3.05) is 0 Å². The van der Waals surface area contributed by atoms with Crippen LogP contribution in [0, 0.1) is 5.41 Å². The molecule has 92 valence electrons. The largest absolute Gasteiger partial charge is 0.285 e. The highest BCUT2D eigenvalue weighted by Crippen LogP contribution is 2.46. The molecule has 2 heteroatoms. The Morgan fingerprint density at radius 1 is 0.944 bits per heavy atom. The van der Waals surface area contributed by atoms with E-state index in [2.05, 4.69) is 13.8 Å². The van der Waals surface area contributed by atoms with E-state index < -0.39 is 0 Å². The molecule has 0 bridgehead atoms. The zero-order valence-corrected chi connectivity index (χ0v) is 10.7. The summed E-state index contributed by atoms with van der Waals surface area (Å²) in [5, 5.41) is 0. The van der Waals surface area contributed by atoms with Gasteiger partial charge in [0.1, 0.15) is 0 Å². The fourth-order valence-electron chi connectivity index (χ4n) is 3.00. The van der Waals surface area contributed by atoms with Crippen LogP contribution in [0.4, 0.5) is 0 Å². The molecule has 0 atom stereocenters. The molecule has 0 amide bonds. The molecule has 18 heavy (non-hydrogen) atoms. The maximum absolute atomic E-state index is 12.1. The van der Waals surface area contributed by atoms with Crippen molar-refractivity contribution in [1.82, 2.24) is 0 Å². The number of benzene rings is 1. The van der Waals surface area contributed by atoms with Crippen LogP contribution in [0.15, 0.2) is 29.8 Å². The van der Waals surface area contributed by atoms with E-state index in [4.69, 9.17) is 0 Å². The van der Waals surface area contributed by atoms with Gasteiger partial charge in [0.25, 0.3) is 0 Å². The van der Waals surface area contributed by atoms with E-state index in [1.807, 2.05) is 18.2 Å². The smallest absolute Gasteiger partial charge is 0.233 e. The minimum atomic E-state index is -0.330. The lowest BCUT2D eigenvalue weighted by atomic mass is 9.68. The summed E-state index contributed by atoms with van der Waals surface area (Å²) >= 11 is 0. The number of hydrogen-bond acceptors (Lipinski definition) is 2. The first kappa shape index (κ1) is 11.4. The Morgan fingerprint density at radius 3 is 2.33 bits per heavy atom. The van der Waals surface area contributed by atoms with Gasteiger partial charge in [-0.25, -0.2) is 0 Å². The molecule has 0 fully saturated rings. The number of carbonyl (C=O) groups is 2. The fraction of sp³-hybridized carbons (Fsp3) is 0.375. The highest BCUT2D eigenvalue weighted by molar-refractivity contribution is 6.52. The van der Waals surface area contributed by atoms with Gasteiger partial charge >= 0.3 is 0 Å². The molecule has 2 aliphatic carbocycles. The van der Waals surface area contributed by atoms with E-state index in [-0.39, 0.29) is 17.0 Å². The first-order valence-electron chi connectivity index (χ1n) is 6.40. The Bertz CT molecular complexity index is 591. The summed E-state index contributed by atoms with van der Waals surface area (Å²) in [6, 6.07) is 7.50. The second-order valence-electron chi connectivity index (χ2n) is 6.00. The topological polar surface area (TPSA) is 34.1 Å². The SMILES string of the molecule is CC1(C)CCC2=C(C1)c1ccccc1C(=O)C2=O. The molecule has 0 spiro atoms. The lowest BCUT2D eigenvalue weighted by molar-refractivity contribution is -0.112. The van der Waals surface area contributed by atoms with Gasteiger partial charge in [0.15, 0.2) is 0 Å². The van der Waals surface area contributed by atoms with E-state index in [1.54, 1.807) is 6.07 Å². The summed E-state index contributed by atoms with van der Waals surface area (Å²) in [7, 11) is 0. The van der Waals surface area contributed by atoms with Gasteiger partial charge in [-0.15, -0.1) is 0 Å². The quantitative estimate of drug-likeness (QED) is 0.651. The predicted molar refractivity (Wildman–Crippen MR) is 70.3 cm³/mol. The van der Waals surface area contributed by atoms with Crippen LogP contribution >= 0.6 is 0 Å². The monoisotopic (exact) mass is 240 g/mol. The maximum atomic E-state index is 12.1. The van der Waals surface area contributed by atoms with Crippen molar-refractivity contribution < 1.29 is 9.59 Å². The number of fused-ring (bicyclic) bond motifs is 2. The molecule has 0 N–H and O–H groups in total. The Morgan fingerprint density at radius 2 is 1.61 bits per heavy atom. The van der Waals surface area contributed by atoms with Gasteiger partial charge in [-0.3, -0.25) is 9.59 Å². The Labute approximate surface area is 107 Å². The predicted octanol–water partition coefficient (Wildman–Crippen LogP) is 3.42. The molecule has 1 aromatic carbocycles. The van der Waals surface area contributed by atoms with Gasteiger partial charge in [-0.2, -0.15) is 0 Å².